The molecule has 2 rings (SSSR count). The van der Waals surface area contributed by atoms with E-state index in [0.29, 0.717) is 11.8 Å². The van der Waals surface area contributed by atoms with Gasteiger partial charge in [-0.2, -0.15) is 5.10 Å². The van der Waals surface area contributed by atoms with E-state index in [2.05, 4.69) is 10.4 Å². The van der Waals surface area contributed by atoms with E-state index in [1.165, 1.54) is 0 Å². The smallest absolute Gasteiger partial charge is 0.241 e. The maximum Gasteiger partial charge on any atom is 0.241 e. The minimum Gasteiger partial charge on any atom is -0.396 e. The highest BCUT2D eigenvalue weighted by Crippen LogP contribution is 2.23. The number of ether oxygens (including phenoxy) is 1. The van der Waals surface area contributed by atoms with E-state index in [4.69, 9.17) is 10.5 Å². The van der Waals surface area contributed by atoms with Gasteiger partial charge in [0.25, 0.3) is 0 Å². The van der Waals surface area contributed by atoms with Crippen LogP contribution < -0.4 is 11.1 Å². The van der Waals surface area contributed by atoms with E-state index >= 15 is 0 Å². The Hall–Kier alpha value is -1.56. The maximum atomic E-state index is 11.9. The average Bonchev–Trinajstić information content (AvgIpc) is 2.54. The Morgan fingerprint density at radius 1 is 1.53 bits per heavy atom. The number of anilines is 1. The summed E-state index contributed by atoms with van der Waals surface area (Å²) < 4.78 is 7.11. The standard InChI is InChI=1S/C13H22N4O2/c1-4-19-11-5-10(6-11)15-12(18)7-17-9(3)13(14)8(2)16-17/h10-11H,4-7,14H2,1-3H3,(H,15,18). The van der Waals surface area contributed by atoms with Gasteiger partial charge in [-0.25, -0.2) is 0 Å². The summed E-state index contributed by atoms with van der Waals surface area (Å²) in [5, 5.41) is 7.24. The molecule has 19 heavy (non-hydrogen) atoms. The molecule has 1 heterocycles. The van der Waals surface area contributed by atoms with Gasteiger partial charge in [-0.3, -0.25) is 9.48 Å². The lowest BCUT2D eigenvalue weighted by molar-refractivity contribution is -0.124. The fourth-order valence-electron chi connectivity index (χ4n) is 2.33. The van der Waals surface area contributed by atoms with Crippen LogP contribution in [0.4, 0.5) is 5.69 Å². The van der Waals surface area contributed by atoms with Gasteiger partial charge < -0.3 is 15.8 Å². The molecule has 0 aliphatic heterocycles. The summed E-state index contributed by atoms with van der Waals surface area (Å²) in [5.74, 6) is -0.0226. The molecule has 0 atom stereocenters. The SMILES string of the molecule is CCOC1CC(NC(=O)Cn2nc(C)c(N)c2C)C1. The number of carbonyl (C=O) groups excluding carboxylic acids is 1. The van der Waals surface area contributed by atoms with Gasteiger partial charge >= 0.3 is 0 Å². The third-order valence-electron chi connectivity index (χ3n) is 3.59. The first-order chi connectivity index (χ1) is 9.01. The molecule has 0 bridgehead atoms. The molecule has 1 aliphatic rings. The summed E-state index contributed by atoms with van der Waals surface area (Å²) in [6.07, 6.45) is 2.11. The average molecular weight is 266 g/mol. The van der Waals surface area contributed by atoms with Crippen molar-refractivity contribution in [1.29, 1.82) is 0 Å². The highest BCUT2D eigenvalue weighted by Gasteiger charge is 2.30. The van der Waals surface area contributed by atoms with Crippen LogP contribution in [-0.2, 0) is 16.1 Å². The molecule has 1 saturated carbocycles. The van der Waals surface area contributed by atoms with Gasteiger partial charge in [0.05, 0.1) is 23.2 Å². The fourth-order valence-corrected chi connectivity index (χ4v) is 2.33. The van der Waals surface area contributed by atoms with Crippen molar-refractivity contribution in [3.63, 3.8) is 0 Å². The lowest BCUT2D eigenvalue weighted by atomic mass is 9.89. The third kappa shape index (κ3) is 3.07. The molecule has 0 saturated heterocycles. The number of aromatic nitrogens is 2. The zero-order valence-corrected chi connectivity index (χ0v) is 11.8. The molecule has 1 aromatic heterocycles. The lowest BCUT2D eigenvalue weighted by Crippen LogP contribution is -2.48. The second kappa shape index (κ2) is 5.61. The Bertz CT molecular complexity index is 463. The zero-order valence-electron chi connectivity index (χ0n) is 11.8. The molecule has 106 valence electrons. The van der Waals surface area contributed by atoms with E-state index in [1.54, 1.807) is 4.68 Å². The molecule has 1 amide bonds. The minimum absolute atomic E-state index is 0.0226. The Morgan fingerprint density at radius 2 is 2.21 bits per heavy atom. The monoisotopic (exact) mass is 266 g/mol. The minimum atomic E-state index is -0.0226. The van der Waals surface area contributed by atoms with Crippen molar-refractivity contribution < 1.29 is 9.53 Å². The first-order valence-electron chi connectivity index (χ1n) is 6.71. The third-order valence-corrected chi connectivity index (χ3v) is 3.59. The predicted octanol–water partition coefficient (Wildman–Crippen LogP) is 0.766. The van der Waals surface area contributed by atoms with Crippen molar-refractivity contribution in [2.24, 2.45) is 0 Å². The number of hydrogen-bond donors (Lipinski definition) is 2. The van der Waals surface area contributed by atoms with Gasteiger partial charge in [0.1, 0.15) is 6.54 Å². The van der Waals surface area contributed by atoms with Crippen LogP contribution in [0.15, 0.2) is 0 Å². The van der Waals surface area contributed by atoms with E-state index < -0.39 is 0 Å². The van der Waals surface area contributed by atoms with Gasteiger partial charge in [-0.15, -0.1) is 0 Å². The molecule has 0 unspecified atom stereocenters. The molecule has 6 nitrogen and oxygen atoms in total. The van der Waals surface area contributed by atoms with Crippen molar-refractivity contribution in [2.45, 2.75) is 52.3 Å². The van der Waals surface area contributed by atoms with Crippen molar-refractivity contribution in [3.8, 4) is 0 Å². The molecular weight excluding hydrogens is 244 g/mol. The first kappa shape index (κ1) is 13.9. The summed E-state index contributed by atoms with van der Waals surface area (Å²) in [5.41, 5.74) is 8.11. The van der Waals surface area contributed by atoms with Crippen LogP contribution in [0.25, 0.3) is 0 Å². The number of amides is 1. The Balaban J connectivity index is 1.81. The highest BCUT2D eigenvalue weighted by atomic mass is 16.5. The number of aryl methyl sites for hydroxylation is 1. The van der Waals surface area contributed by atoms with E-state index in [9.17, 15) is 4.79 Å². The van der Waals surface area contributed by atoms with Crippen LogP contribution >= 0.6 is 0 Å². The predicted molar refractivity (Wildman–Crippen MR) is 72.7 cm³/mol. The second-order valence-corrected chi connectivity index (χ2v) is 5.06. The number of nitrogens with two attached hydrogens (primary N) is 1. The topological polar surface area (TPSA) is 82.2 Å². The number of carbonyl (C=O) groups is 1. The molecule has 1 fully saturated rings. The van der Waals surface area contributed by atoms with Crippen molar-refractivity contribution in [3.05, 3.63) is 11.4 Å². The molecule has 6 heteroatoms. The summed E-state index contributed by atoms with van der Waals surface area (Å²) in [6.45, 7) is 6.65. The van der Waals surface area contributed by atoms with Crippen LogP contribution in [0.1, 0.15) is 31.2 Å². The van der Waals surface area contributed by atoms with Crippen molar-refractivity contribution >= 4 is 11.6 Å². The van der Waals surface area contributed by atoms with E-state index in [1.807, 2.05) is 20.8 Å². The number of nitrogen functional groups attached to an aromatic ring is 1. The molecular formula is C13H22N4O2. The lowest BCUT2D eigenvalue weighted by Gasteiger charge is -2.35. The molecule has 3 N–H and O–H groups in total. The van der Waals surface area contributed by atoms with Crippen LogP contribution in [0.5, 0.6) is 0 Å². The summed E-state index contributed by atoms with van der Waals surface area (Å²) in [4.78, 5) is 11.9. The summed E-state index contributed by atoms with van der Waals surface area (Å²) >= 11 is 0. The second-order valence-electron chi connectivity index (χ2n) is 5.06. The van der Waals surface area contributed by atoms with Crippen LogP contribution in [-0.4, -0.2) is 34.4 Å². The maximum absolute atomic E-state index is 11.9. The number of nitrogens with one attached hydrogen (secondary N) is 1. The fraction of sp³-hybridized carbons (Fsp3) is 0.692. The van der Waals surface area contributed by atoms with Gasteiger partial charge in [0.2, 0.25) is 5.91 Å². The highest BCUT2D eigenvalue weighted by molar-refractivity contribution is 5.76. The van der Waals surface area contributed by atoms with E-state index in [-0.39, 0.29) is 18.5 Å². The van der Waals surface area contributed by atoms with E-state index in [0.717, 1.165) is 30.8 Å². The molecule has 1 aliphatic carbocycles. The van der Waals surface area contributed by atoms with Crippen molar-refractivity contribution in [2.75, 3.05) is 12.3 Å². The summed E-state index contributed by atoms with van der Waals surface area (Å²) in [7, 11) is 0. The van der Waals surface area contributed by atoms with Gasteiger partial charge in [-0.05, 0) is 33.6 Å². The quantitative estimate of drug-likeness (QED) is 0.824. The Morgan fingerprint density at radius 3 is 2.74 bits per heavy atom. The summed E-state index contributed by atoms with van der Waals surface area (Å²) in [6, 6.07) is 0.235. The number of hydrogen-bond acceptors (Lipinski definition) is 4. The Kier molecular flexibility index (Phi) is 4.09. The normalized spacial score (nSPS) is 22.1. The molecule has 0 aromatic carbocycles. The van der Waals surface area contributed by atoms with Crippen LogP contribution in [0.2, 0.25) is 0 Å². The van der Waals surface area contributed by atoms with Crippen molar-refractivity contribution in [1.82, 2.24) is 15.1 Å². The van der Waals surface area contributed by atoms with Crippen LogP contribution in [0.3, 0.4) is 0 Å². The van der Waals surface area contributed by atoms with Gasteiger partial charge in [0, 0.05) is 12.6 Å². The molecule has 0 spiro atoms. The number of nitrogens with zero attached hydrogens (tertiary/aromatic N) is 2. The van der Waals surface area contributed by atoms with Crippen LogP contribution in [0, 0.1) is 13.8 Å². The van der Waals surface area contributed by atoms with Gasteiger partial charge in [-0.1, -0.05) is 0 Å². The first-order valence-corrected chi connectivity index (χ1v) is 6.71. The zero-order chi connectivity index (χ0) is 14.0. The molecule has 1 aromatic rings. The Labute approximate surface area is 113 Å². The van der Waals surface area contributed by atoms with Gasteiger partial charge in [0.15, 0.2) is 0 Å². The molecule has 0 radical (unpaired) electrons. The number of rotatable bonds is 5. The largest absolute Gasteiger partial charge is 0.396 e.